The number of ether oxygens (including phenoxy) is 3. The number of fused-ring (bicyclic) bond motifs is 1. The summed E-state index contributed by atoms with van der Waals surface area (Å²) in [4.78, 5) is 0. The van der Waals surface area contributed by atoms with Crippen molar-refractivity contribution in [2.75, 3.05) is 33.2 Å². The minimum absolute atomic E-state index is 0.834. The summed E-state index contributed by atoms with van der Waals surface area (Å²) in [5.41, 5.74) is 1.30. The molecule has 0 aliphatic carbocycles. The predicted molar refractivity (Wildman–Crippen MR) is 95.5 cm³/mol. The van der Waals surface area contributed by atoms with Crippen molar-refractivity contribution in [2.24, 2.45) is 0 Å². The van der Waals surface area contributed by atoms with Crippen LogP contribution in [0, 0.1) is 0 Å². The standard InChI is InChI=1S/C18H24O3S/c1-4-10-21-11-12-22-13-14-8-9-16(19-2)15-6-5-7-17(20-3)18(14)15/h5-9H,4,10-13H2,1-3H3/p+1. The zero-order chi connectivity index (χ0) is 15.8. The molecule has 2 aromatic rings. The average Bonchev–Trinajstić information content (AvgIpc) is 2.57. The van der Waals surface area contributed by atoms with E-state index in [1.165, 1.54) is 17.3 Å². The first-order valence-electron chi connectivity index (χ1n) is 7.65. The van der Waals surface area contributed by atoms with E-state index in [2.05, 4.69) is 19.1 Å². The topological polar surface area (TPSA) is 27.7 Å². The van der Waals surface area contributed by atoms with E-state index in [4.69, 9.17) is 14.2 Å². The van der Waals surface area contributed by atoms with Gasteiger partial charge in [0, 0.05) is 22.9 Å². The van der Waals surface area contributed by atoms with Gasteiger partial charge in [0.2, 0.25) is 0 Å². The molecule has 22 heavy (non-hydrogen) atoms. The van der Waals surface area contributed by atoms with Gasteiger partial charge in [-0.1, -0.05) is 19.1 Å². The minimum Gasteiger partial charge on any atom is -0.496 e. The molecule has 0 atom stereocenters. The summed E-state index contributed by atoms with van der Waals surface area (Å²) in [5, 5.41) is 2.27. The van der Waals surface area contributed by atoms with Crippen LogP contribution in [-0.2, 0) is 22.3 Å². The molecule has 0 N–H and O–H groups in total. The van der Waals surface area contributed by atoms with Crippen LogP contribution in [0.2, 0.25) is 0 Å². The molecule has 0 amide bonds. The molecule has 0 radical (unpaired) electrons. The molecule has 0 fully saturated rings. The number of hydrogen-bond donors (Lipinski definition) is 0. The Kier molecular flexibility index (Phi) is 6.87. The van der Waals surface area contributed by atoms with Crippen molar-refractivity contribution in [2.45, 2.75) is 19.1 Å². The fourth-order valence-corrected chi connectivity index (χ4v) is 3.39. The van der Waals surface area contributed by atoms with Crippen molar-refractivity contribution < 1.29 is 14.2 Å². The maximum absolute atomic E-state index is 5.54. The molecule has 0 spiro atoms. The Hall–Kier alpha value is -1.39. The third-order valence-corrected chi connectivity index (χ3v) is 4.58. The molecule has 0 bridgehead atoms. The first-order chi connectivity index (χ1) is 10.8. The number of methoxy groups -OCH3 is 2. The molecule has 0 saturated heterocycles. The zero-order valence-corrected chi connectivity index (χ0v) is 14.5. The molecule has 4 heteroatoms. The van der Waals surface area contributed by atoms with Crippen molar-refractivity contribution in [3.8, 4) is 11.5 Å². The van der Waals surface area contributed by atoms with Gasteiger partial charge in [-0.25, -0.2) is 0 Å². The zero-order valence-electron chi connectivity index (χ0n) is 13.6. The number of thiol groups is 1. The van der Waals surface area contributed by atoms with Crippen molar-refractivity contribution in [3.05, 3.63) is 35.9 Å². The van der Waals surface area contributed by atoms with Crippen LogP contribution in [-0.4, -0.2) is 33.2 Å². The van der Waals surface area contributed by atoms with Gasteiger partial charge in [-0.3, -0.25) is 0 Å². The predicted octanol–water partition coefficient (Wildman–Crippen LogP) is 3.60. The second kappa shape index (κ2) is 8.91. The Morgan fingerprint density at radius 1 is 0.955 bits per heavy atom. The van der Waals surface area contributed by atoms with Gasteiger partial charge < -0.3 is 14.2 Å². The molecule has 0 aliphatic heterocycles. The van der Waals surface area contributed by atoms with Crippen molar-refractivity contribution in [1.82, 2.24) is 0 Å². The molecule has 2 rings (SSSR count). The molecule has 0 aromatic heterocycles. The van der Waals surface area contributed by atoms with E-state index in [1.807, 2.05) is 18.2 Å². The monoisotopic (exact) mass is 321 g/mol. The molecule has 0 unspecified atom stereocenters. The van der Waals surface area contributed by atoms with E-state index < -0.39 is 0 Å². The summed E-state index contributed by atoms with van der Waals surface area (Å²) in [6.07, 6.45) is 1.08. The third-order valence-electron chi connectivity index (χ3n) is 3.51. The van der Waals surface area contributed by atoms with E-state index in [0.29, 0.717) is 0 Å². The van der Waals surface area contributed by atoms with Crippen LogP contribution in [0.4, 0.5) is 0 Å². The largest absolute Gasteiger partial charge is 0.496 e. The maximum Gasteiger partial charge on any atom is 0.131 e. The second-order valence-electron chi connectivity index (χ2n) is 5.03. The molecule has 2 aromatic carbocycles. The molecular weight excluding hydrogens is 296 g/mol. The van der Waals surface area contributed by atoms with E-state index in [1.54, 1.807) is 14.2 Å². The molecule has 0 aliphatic rings. The normalized spacial score (nSPS) is 10.9. The highest BCUT2D eigenvalue weighted by molar-refractivity contribution is 7.77. The molecule has 3 nitrogen and oxygen atoms in total. The lowest BCUT2D eigenvalue weighted by Gasteiger charge is -2.12. The molecule has 0 heterocycles. The van der Waals surface area contributed by atoms with Gasteiger partial charge >= 0.3 is 0 Å². The number of rotatable bonds is 9. The van der Waals surface area contributed by atoms with Crippen LogP contribution in [0.15, 0.2) is 30.3 Å². The Balaban J connectivity index is 2.15. The number of benzene rings is 2. The van der Waals surface area contributed by atoms with Crippen LogP contribution in [0.25, 0.3) is 10.8 Å². The van der Waals surface area contributed by atoms with Crippen LogP contribution >= 0.6 is 0 Å². The summed E-state index contributed by atoms with van der Waals surface area (Å²) >= 11 is 1.37. The van der Waals surface area contributed by atoms with Crippen molar-refractivity contribution >= 4 is 22.5 Å². The van der Waals surface area contributed by atoms with Gasteiger partial charge in [0.1, 0.15) is 23.0 Å². The quantitative estimate of drug-likeness (QED) is 0.401. The highest BCUT2D eigenvalue weighted by Gasteiger charge is 2.13. The van der Waals surface area contributed by atoms with E-state index in [9.17, 15) is 0 Å². The lowest BCUT2D eigenvalue weighted by atomic mass is 10.0. The van der Waals surface area contributed by atoms with Gasteiger partial charge in [-0.15, -0.1) is 0 Å². The fourth-order valence-electron chi connectivity index (χ4n) is 2.47. The van der Waals surface area contributed by atoms with Crippen LogP contribution < -0.4 is 9.47 Å². The summed E-state index contributed by atoms with van der Waals surface area (Å²) in [6, 6.07) is 10.3. The molecule has 0 saturated carbocycles. The van der Waals surface area contributed by atoms with Crippen molar-refractivity contribution in [1.29, 1.82) is 0 Å². The van der Waals surface area contributed by atoms with Gasteiger partial charge in [0.25, 0.3) is 0 Å². The highest BCUT2D eigenvalue weighted by Crippen LogP contribution is 2.35. The van der Waals surface area contributed by atoms with Gasteiger partial charge in [-0.05, 0) is 36.4 Å². The van der Waals surface area contributed by atoms with Gasteiger partial charge in [-0.2, -0.15) is 0 Å². The van der Waals surface area contributed by atoms with E-state index in [-0.39, 0.29) is 0 Å². The Bertz CT molecular complexity index is 598. The number of hydrogen-bond acceptors (Lipinski definition) is 3. The van der Waals surface area contributed by atoms with Crippen LogP contribution in [0.5, 0.6) is 11.5 Å². The maximum atomic E-state index is 5.54. The minimum atomic E-state index is 0.834. The van der Waals surface area contributed by atoms with Crippen LogP contribution in [0.1, 0.15) is 18.9 Å². The summed E-state index contributed by atoms with van der Waals surface area (Å²) < 4.78 is 16.6. The lowest BCUT2D eigenvalue weighted by molar-refractivity contribution is 0.150. The van der Waals surface area contributed by atoms with E-state index in [0.717, 1.165) is 53.4 Å². The Morgan fingerprint density at radius 2 is 1.77 bits per heavy atom. The Labute approximate surface area is 136 Å². The smallest absolute Gasteiger partial charge is 0.131 e. The summed E-state index contributed by atoms with van der Waals surface area (Å²) in [7, 11) is 3.42. The van der Waals surface area contributed by atoms with E-state index >= 15 is 0 Å². The summed E-state index contributed by atoms with van der Waals surface area (Å²) in [5.74, 6) is 3.85. The Morgan fingerprint density at radius 3 is 2.50 bits per heavy atom. The molecule has 120 valence electrons. The first-order valence-corrected chi connectivity index (χ1v) is 8.91. The lowest BCUT2D eigenvalue weighted by Crippen LogP contribution is -2.04. The van der Waals surface area contributed by atoms with Crippen LogP contribution in [0.3, 0.4) is 0 Å². The summed E-state index contributed by atoms with van der Waals surface area (Å²) in [6.45, 7) is 3.82. The van der Waals surface area contributed by atoms with Gasteiger partial charge in [0.05, 0.1) is 20.8 Å². The fraction of sp³-hybridized carbons (Fsp3) is 0.444. The highest BCUT2D eigenvalue weighted by atomic mass is 32.2. The van der Waals surface area contributed by atoms with Gasteiger partial charge in [0.15, 0.2) is 0 Å². The SMILES string of the molecule is CCCOCC[SH+]Cc1ccc(OC)c2cccc(OC)c12. The second-order valence-corrected chi connectivity index (χ2v) is 6.24. The third kappa shape index (κ3) is 4.08. The average molecular weight is 321 g/mol. The first kappa shape index (κ1) is 17.0. The van der Waals surface area contributed by atoms with Crippen molar-refractivity contribution in [3.63, 3.8) is 0 Å². The molecular formula is C18H25O3S+.